The summed E-state index contributed by atoms with van der Waals surface area (Å²) in [4.78, 5) is 23.3. The van der Waals surface area contributed by atoms with E-state index < -0.39 is 0 Å². The van der Waals surface area contributed by atoms with Crippen molar-refractivity contribution in [2.45, 2.75) is 70.3 Å². The van der Waals surface area contributed by atoms with E-state index in [4.69, 9.17) is 9.47 Å². The third-order valence-corrected chi connectivity index (χ3v) is 4.87. The number of amides is 1. The van der Waals surface area contributed by atoms with Gasteiger partial charge in [-0.3, -0.25) is 9.59 Å². The van der Waals surface area contributed by atoms with Crippen molar-refractivity contribution in [2.75, 3.05) is 11.9 Å². The molecular formula is C20H27NO4. The maximum Gasteiger partial charge on any atom is 0.306 e. The summed E-state index contributed by atoms with van der Waals surface area (Å²) in [5.41, 5.74) is 1.97. The van der Waals surface area contributed by atoms with Gasteiger partial charge in [0, 0.05) is 18.5 Å². The van der Waals surface area contributed by atoms with E-state index in [0.29, 0.717) is 25.9 Å². The second kappa shape index (κ2) is 8.88. The summed E-state index contributed by atoms with van der Waals surface area (Å²) in [6.07, 6.45) is 9.29. The first-order valence-electron chi connectivity index (χ1n) is 9.46. The van der Waals surface area contributed by atoms with Gasteiger partial charge in [0.15, 0.2) is 0 Å². The van der Waals surface area contributed by atoms with Crippen LogP contribution in [0.5, 0.6) is 5.75 Å². The van der Waals surface area contributed by atoms with Crippen LogP contribution in [0.3, 0.4) is 0 Å². The Balaban J connectivity index is 1.36. The average molecular weight is 345 g/mol. The SMILES string of the molecule is O=C1CCc2cc(OCCCC(=O)OC3CCCCCC3)ccc2N1. The van der Waals surface area contributed by atoms with E-state index in [0.717, 1.165) is 36.3 Å². The quantitative estimate of drug-likeness (QED) is 0.481. The van der Waals surface area contributed by atoms with Gasteiger partial charge < -0.3 is 14.8 Å². The monoisotopic (exact) mass is 345 g/mol. The number of ether oxygens (including phenoxy) is 2. The number of benzene rings is 1. The molecule has 1 amide bonds. The van der Waals surface area contributed by atoms with Crippen LogP contribution in [-0.4, -0.2) is 24.6 Å². The van der Waals surface area contributed by atoms with Gasteiger partial charge in [0.1, 0.15) is 11.9 Å². The zero-order chi connectivity index (χ0) is 17.5. The number of carbonyl (C=O) groups is 2. The summed E-state index contributed by atoms with van der Waals surface area (Å²) in [5, 5.41) is 2.86. The molecule has 0 unspecified atom stereocenters. The van der Waals surface area contributed by atoms with Gasteiger partial charge in [0.25, 0.3) is 0 Å². The fourth-order valence-corrected chi connectivity index (χ4v) is 3.46. The first-order chi connectivity index (χ1) is 12.2. The molecule has 0 saturated heterocycles. The van der Waals surface area contributed by atoms with E-state index in [1.54, 1.807) is 0 Å². The minimum Gasteiger partial charge on any atom is -0.494 e. The van der Waals surface area contributed by atoms with Crippen LogP contribution in [0.15, 0.2) is 18.2 Å². The largest absolute Gasteiger partial charge is 0.494 e. The van der Waals surface area contributed by atoms with Crippen LogP contribution in [0.4, 0.5) is 5.69 Å². The van der Waals surface area contributed by atoms with Crippen molar-refractivity contribution >= 4 is 17.6 Å². The molecule has 1 saturated carbocycles. The molecule has 1 aromatic rings. The maximum absolute atomic E-state index is 11.9. The highest BCUT2D eigenvalue weighted by Crippen LogP contribution is 2.27. The summed E-state index contributed by atoms with van der Waals surface area (Å²) in [5.74, 6) is 0.740. The van der Waals surface area contributed by atoms with Crippen molar-refractivity contribution in [3.63, 3.8) is 0 Å². The number of esters is 1. The summed E-state index contributed by atoms with van der Waals surface area (Å²) in [7, 11) is 0. The van der Waals surface area contributed by atoms with Crippen molar-refractivity contribution < 1.29 is 19.1 Å². The lowest BCUT2D eigenvalue weighted by Crippen LogP contribution is -2.19. The Morgan fingerprint density at radius 3 is 2.72 bits per heavy atom. The van der Waals surface area contributed by atoms with Crippen LogP contribution in [0, 0.1) is 0 Å². The van der Waals surface area contributed by atoms with Gasteiger partial charge in [-0.15, -0.1) is 0 Å². The topological polar surface area (TPSA) is 64.6 Å². The molecule has 0 aromatic heterocycles. The molecule has 1 heterocycles. The van der Waals surface area contributed by atoms with Crippen molar-refractivity contribution in [3.05, 3.63) is 23.8 Å². The Morgan fingerprint density at radius 2 is 1.92 bits per heavy atom. The Hall–Kier alpha value is -2.04. The molecule has 0 bridgehead atoms. The molecule has 136 valence electrons. The van der Waals surface area contributed by atoms with Crippen LogP contribution in [0.25, 0.3) is 0 Å². The smallest absolute Gasteiger partial charge is 0.306 e. The van der Waals surface area contributed by atoms with E-state index in [1.807, 2.05) is 18.2 Å². The first kappa shape index (κ1) is 17.8. The zero-order valence-corrected chi connectivity index (χ0v) is 14.7. The normalized spacial score (nSPS) is 18.0. The number of aryl methyl sites for hydroxylation is 1. The van der Waals surface area contributed by atoms with E-state index in [1.165, 1.54) is 25.7 Å². The molecule has 5 nitrogen and oxygen atoms in total. The van der Waals surface area contributed by atoms with Crippen LogP contribution in [-0.2, 0) is 20.7 Å². The van der Waals surface area contributed by atoms with Gasteiger partial charge in [-0.05, 0) is 62.3 Å². The number of fused-ring (bicyclic) bond motifs is 1. The van der Waals surface area contributed by atoms with Crippen LogP contribution < -0.4 is 10.1 Å². The highest BCUT2D eigenvalue weighted by Gasteiger charge is 2.17. The molecule has 0 atom stereocenters. The molecular weight excluding hydrogens is 318 g/mol. The van der Waals surface area contributed by atoms with E-state index in [9.17, 15) is 9.59 Å². The van der Waals surface area contributed by atoms with E-state index in [-0.39, 0.29) is 18.0 Å². The van der Waals surface area contributed by atoms with Crippen molar-refractivity contribution in [1.29, 1.82) is 0 Å². The molecule has 3 rings (SSSR count). The molecule has 1 fully saturated rings. The van der Waals surface area contributed by atoms with E-state index in [2.05, 4.69) is 5.32 Å². The number of carbonyl (C=O) groups excluding carboxylic acids is 2. The van der Waals surface area contributed by atoms with Crippen LogP contribution in [0.2, 0.25) is 0 Å². The standard InChI is InChI=1S/C20H27NO4/c22-19-12-9-15-14-17(10-11-18(15)21-19)24-13-5-8-20(23)25-16-6-3-1-2-4-7-16/h10-11,14,16H,1-9,12-13H2,(H,21,22). The molecule has 1 aliphatic carbocycles. The van der Waals surface area contributed by atoms with Gasteiger partial charge in [-0.2, -0.15) is 0 Å². The third-order valence-electron chi connectivity index (χ3n) is 4.87. The Kier molecular flexibility index (Phi) is 6.31. The van der Waals surface area contributed by atoms with Gasteiger partial charge in [0.05, 0.1) is 6.61 Å². The minimum atomic E-state index is -0.108. The highest BCUT2D eigenvalue weighted by atomic mass is 16.5. The highest BCUT2D eigenvalue weighted by molar-refractivity contribution is 5.93. The predicted octanol–water partition coefficient (Wildman–Crippen LogP) is 4.00. The summed E-state index contributed by atoms with van der Waals surface area (Å²) in [6.45, 7) is 0.491. The first-order valence-corrected chi connectivity index (χ1v) is 9.46. The molecule has 25 heavy (non-hydrogen) atoms. The van der Waals surface area contributed by atoms with Crippen LogP contribution in [0.1, 0.15) is 63.4 Å². The minimum absolute atomic E-state index is 0.0633. The van der Waals surface area contributed by atoms with E-state index >= 15 is 0 Å². The summed E-state index contributed by atoms with van der Waals surface area (Å²) >= 11 is 0. The number of anilines is 1. The lowest BCUT2D eigenvalue weighted by molar-refractivity contribution is -0.149. The second-order valence-electron chi connectivity index (χ2n) is 6.92. The fraction of sp³-hybridized carbons (Fsp3) is 0.600. The van der Waals surface area contributed by atoms with Gasteiger partial charge in [-0.1, -0.05) is 12.8 Å². The van der Waals surface area contributed by atoms with Crippen molar-refractivity contribution in [3.8, 4) is 5.75 Å². The molecule has 0 spiro atoms. The predicted molar refractivity (Wildman–Crippen MR) is 95.7 cm³/mol. The lowest BCUT2D eigenvalue weighted by Gasteiger charge is -2.18. The number of rotatable bonds is 6. The van der Waals surface area contributed by atoms with Gasteiger partial charge >= 0.3 is 5.97 Å². The molecule has 1 aromatic carbocycles. The van der Waals surface area contributed by atoms with Gasteiger partial charge in [0.2, 0.25) is 5.91 Å². The Labute approximate surface area is 149 Å². The fourth-order valence-electron chi connectivity index (χ4n) is 3.46. The Morgan fingerprint density at radius 1 is 1.12 bits per heavy atom. The van der Waals surface area contributed by atoms with Crippen LogP contribution >= 0.6 is 0 Å². The average Bonchev–Trinajstić information content (AvgIpc) is 2.87. The molecule has 2 aliphatic rings. The molecule has 0 radical (unpaired) electrons. The Bertz CT molecular complexity index is 606. The maximum atomic E-state index is 11.9. The van der Waals surface area contributed by atoms with Crippen molar-refractivity contribution in [1.82, 2.24) is 0 Å². The number of nitrogens with one attached hydrogen (secondary N) is 1. The zero-order valence-electron chi connectivity index (χ0n) is 14.7. The molecule has 5 heteroatoms. The molecule has 1 aliphatic heterocycles. The summed E-state index contributed by atoms with van der Waals surface area (Å²) < 4.78 is 11.3. The summed E-state index contributed by atoms with van der Waals surface area (Å²) in [6, 6.07) is 5.70. The van der Waals surface area contributed by atoms with Crippen molar-refractivity contribution in [2.24, 2.45) is 0 Å². The lowest BCUT2D eigenvalue weighted by atomic mass is 10.0. The second-order valence-corrected chi connectivity index (χ2v) is 6.92. The third kappa shape index (κ3) is 5.48. The number of hydrogen-bond donors (Lipinski definition) is 1. The van der Waals surface area contributed by atoms with Gasteiger partial charge in [-0.25, -0.2) is 0 Å². The molecule has 1 N–H and O–H groups in total. The number of hydrogen-bond acceptors (Lipinski definition) is 4.